The highest BCUT2D eigenvalue weighted by molar-refractivity contribution is 6.36. The number of rotatable bonds is 2. The molecule has 2 aromatic heterocycles. The summed E-state index contributed by atoms with van der Waals surface area (Å²) < 4.78 is 26.7. The lowest BCUT2D eigenvalue weighted by molar-refractivity contribution is 0.151. The average Bonchev–Trinajstić information content (AvgIpc) is 2.77. The van der Waals surface area contributed by atoms with Crippen molar-refractivity contribution in [1.82, 2.24) is 9.38 Å². The molecule has 0 atom stereocenters. The van der Waals surface area contributed by atoms with Crippen molar-refractivity contribution in [2.45, 2.75) is 6.43 Å². The number of hydrogen-bond donors (Lipinski definition) is 1. The first-order chi connectivity index (χ1) is 9.97. The summed E-state index contributed by atoms with van der Waals surface area (Å²) in [7, 11) is 0. The maximum atomic E-state index is 12.6. The van der Waals surface area contributed by atoms with Gasteiger partial charge in [-0.05, 0) is 6.07 Å². The number of nitrogens with zero attached hydrogens (tertiary/aromatic N) is 2. The maximum absolute atomic E-state index is 12.6. The fraction of sp³-hybridized carbons (Fsp3) is 0.0714. The van der Waals surface area contributed by atoms with Crippen LogP contribution in [0, 0.1) is 0 Å². The average molecular weight is 328 g/mol. The van der Waals surface area contributed by atoms with Crippen LogP contribution >= 0.6 is 23.2 Å². The zero-order valence-corrected chi connectivity index (χ0v) is 12.0. The molecule has 2 N–H and O–H groups in total. The molecule has 0 aliphatic carbocycles. The van der Waals surface area contributed by atoms with Crippen molar-refractivity contribution in [3.05, 3.63) is 52.1 Å². The normalized spacial score (nSPS) is 11.5. The summed E-state index contributed by atoms with van der Waals surface area (Å²) >= 11 is 12.0. The fourth-order valence-corrected chi connectivity index (χ4v) is 2.60. The van der Waals surface area contributed by atoms with E-state index >= 15 is 0 Å². The number of alkyl halides is 2. The second kappa shape index (κ2) is 5.16. The van der Waals surface area contributed by atoms with Crippen molar-refractivity contribution >= 4 is 34.7 Å². The number of aromatic nitrogens is 2. The van der Waals surface area contributed by atoms with E-state index in [0.29, 0.717) is 32.8 Å². The summed E-state index contributed by atoms with van der Waals surface area (Å²) in [5, 5.41) is 0.792. The number of halogens is 4. The lowest BCUT2D eigenvalue weighted by Gasteiger charge is -2.02. The quantitative estimate of drug-likeness (QED) is 0.732. The highest BCUT2D eigenvalue weighted by atomic mass is 35.5. The molecule has 108 valence electrons. The van der Waals surface area contributed by atoms with Gasteiger partial charge in [-0.25, -0.2) is 13.8 Å². The third-order valence-electron chi connectivity index (χ3n) is 3.11. The Labute approximate surface area is 128 Å². The lowest BCUT2D eigenvalue weighted by atomic mass is 10.1. The van der Waals surface area contributed by atoms with Crippen LogP contribution in [0.2, 0.25) is 10.0 Å². The van der Waals surface area contributed by atoms with Gasteiger partial charge in [-0.3, -0.25) is 4.40 Å². The number of nitrogens with two attached hydrogens (primary N) is 1. The van der Waals surface area contributed by atoms with Gasteiger partial charge in [0, 0.05) is 17.3 Å². The minimum atomic E-state index is -2.51. The smallest absolute Gasteiger partial charge is 0.263 e. The van der Waals surface area contributed by atoms with E-state index in [9.17, 15) is 8.78 Å². The van der Waals surface area contributed by atoms with Crippen LogP contribution < -0.4 is 5.73 Å². The van der Waals surface area contributed by atoms with Gasteiger partial charge >= 0.3 is 0 Å². The summed E-state index contributed by atoms with van der Waals surface area (Å²) in [5.41, 5.74) is 7.56. The minimum absolute atomic E-state index is 0.0536. The van der Waals surface area contributed by atoms with E-state index in [0.717, 1.165) is 0 Å². The number of imidazole rings is 1. The van der Waals surface area contributed by atoms with E-state index in [4.69, 9.17) is 28.9 Å². The minimum Gasteiger partial charge on any atom is -0.383 e. The van der Waals surface area contributed by atoms with E-state index in [1.54, 1.807) is 28.8 Å². The van der Waals surface area contributed by atoms with Gasteiger partial charge < -0.3 is 5.73 Å². The third-order valence-corrected chi connectivity index (χ3v) is 3.60. The molecular weight excluding hydrogens is 319 g/mol. The molecule has 3 aromatic rings. The molecule has 21 heavy (non-hydrogen) atoms. The van der Waals surface area contributed by atoms with Crippen LogP contribution in [0.25, 0.3) is 16.9 Å². The number of anilines is 1. The topological polar surface area (TPSA) is 43.3 Å². The van der Waals surface area contributed by atoms with Gasteiger partial charge in [-0.15, -0.1) is 0 Å². The third kappa shape index (κ3) is 2.43. The highest BCUT2D eigenvalue weighted by Crippen LogP contribution is 2.32. The monoisotopic (exact) mass is 327 g/mol. The summed E-state index contributed by atoms with van der Waals surface area (Å²) in [6, 6.07) is 7.36. The highest BCUT2D eigenvalue weighted by Gasteiger charge is 2.15. The number of benzene rings is 1. The lowest BCUT2D eigenvalue weighted by Crippen LogP contribution is -1.94. The van der Waals surface area contributed by atoms with Gasteiger partial charge in [-0.1, -0.05) is 47.5 Å². The zero-order chi connectivity index (χ0) is 15.1. The van der Waals surface area contributed by atoms with Crippen molar-refractivity contribution in [3.8, 4) is 11.3 Å². The number of hydrogen-bond acceptors (Lipinski definition) is 2. The second-order valence-corrected chi connectivity index (χ2v) is 5.31. The molecule has 2 heterocycles. The Kier molecular flexibility index (Phi) is 3.47. The SMILES string of the molecule is Nc1c(-c2ccc(C(F)F)cc2)nc2c(Cl)cc(Cl)cn12. The molecule has 1 aromatic carbocycles. The summed E-state index contributed by atoms with van der Waals surface area (Å²) in [4.78, 5) is 4.36. The van der Waals surface area contributed by atoms with Crippen molar-refractivity contribution < 1.29 is 8.78 Å². The molecule has 0 amide bonds. The van der Waals surface area contributed by atoms with Crippen LogP contribution in [-0.4, -0.2) is 9.38 Å². The Morgan fingerprint density at radius 3 is 2.43 bits per heavy atom. The fourth-order valence-electron chi connectivity index (χ4n) is 2.09. The van der Waals surface area contributed by atoms with Crippen LogP contribution in [0.3, 0.4) is 0 Å². The Bertz CT molecular complexity index is 813. The maximum Gasteiger partial charge on any atom is 0.263 e. The Morgan fingerprint density at radius 2 is 1.81 bits per heavy atom. The Morgan fingerprint density at radius 1 is 1.14 bits per heavy atom. The van der Waals surface area contributed by atoms with Gasteiger partial charge in [0.05, 0.1) is 10.0 Å². The van der Waals surface area contributed by atoms with Crippen LogP contribution in [0.1, 0.15) is 12.0 Å². The molecule has 3 rings (SSSR count). The molecule has 0 fully saturated rings. The molecule has 3 nitrogen and oxygen atoms in total. The van der Waals surface area contributed by atoms with Crippen molar-refractivity contribution in [3.63, 3.8) is 0 Å². The van der Waals surface area contributed by atoms with Crippen LogP contribution in [0.15, 0.2) is 36.5 Å². The van der Waals surface area contributed by atoms with Crippen LogP contribution in [-0.2, 0) is 0 Å². The van der Waals surface area contributed by atoms with Crippen molar-refractivity contribution in [2.24, 2.45) is 0 Å². The first kappa shape index (κ1) is 14.1. The van der Waals surface area contributed by atoms with Gasteiger partial charge in [0.15, 0.2) is 5.65 Å². The van der Waals surface area contributed by atoms with Gasteiger partial charge in [0.1, 0.15) is 11.5 Å². The van der Waals surface area contributed by atoms with E-state index in [1.807, 2.05) is 0 Å². The molecule has 0 saturated carbocycles. The molecule has 0 spiro atoms. The standard InChI is InChI=1S/C14H9Cl2F2N3/c15-9-5-10(16)14-20-11(13(19)21(14)6-9)7-1-3-8(4-2-7)12(17)18/h1-6,12H,19H2. The zero-order valence-electron chi connectivity index (χ0n) is 10.5. The first-order valence-corrected chi connectivity index (χ1v) is 6.74. The number of pyridine rings is 1. The summed E-state index contributed by atoms with van der Waals surface area (Å²) in [6.07, 6.45) is -0.909. The van der Waals surface area contributed by atoms with Crippen LogP contribution in [0.5, 0.6) is 0 Å². The Hall–Kier alpha value is -1.85. The summed E-state index contributed by atoms with van der Waals surface area (Å²) in [5.74, 6) is 0.346. The van der Waals surface area contributed by atoms with E-state index in [2.05, 4.69) is 4.98 Å². The van der Waals surface area contributed by atoms with Gasteiger partial charge in [-0.2, -0.15) is 0 Å². The van der Waals surface area contributed by atoms with Gasteiger partial charge in [0.2, 0.25) is 0 Å². The molecule has 0 unspecified atom stereocenters. The molecular formula is C14H9Cl2F2N3. The molecule has 0 radical (unpaired) electrons. The molecule has 0 aliphatic rings. The number of nitrogen functional groups attached to an aromatic ring is 1. The van der Waals surface area contributed by atoms with Crippen LogP contribution in [0.4, 0.5) is 14.6 Å². The van der Waals surface area contributed by atoms with Crippen molar-refractivity contribution in [2.75, 3.05) is 5.73 Å². The molecule has 0 saturated heterocycles. The van der Waals surface area contributed by atoms with Crippen molar-refractivity contribution in [1.29, 1.82) is 0 Å². The number of fused-ring (bicyclic) bond motifs is 1. The van der Waals surface area contributed by atoms with E-state index in [1.165, 1.54) is 12.1 Å². The predicted octanol–water partition coefficient (Wildman–Crippen LogP) is 4.83. The molecule has 7 heteroatoms. The second-order valence-electron chi connectivity index (χ2n) is 4.47. The summed E-state index contributed by atoms with van der Waals surface area (Å²) in [6.45, 7) is 0. The van der Waals surface area contributed by atoms with Gasteiger partial charge in [0.25, 0.3) is 6.43 Å². The largest absolute Gasteiger partial charge is 0.383 e. The Balaban J connectivity index is 2.16. The van der Waals surface area contributed by atoms with E-state index < -0.39 is 6.43 Å². The molecule has 0 aliphatic heterocycles. The first-order valence-electron chi connectivity index (χ1n) is 5.98. The molecule has 0 bridgehead atoms. The predicted molar refractivity (Wildman–Crippen MR) is 80.0 cm³/mol. The van der Waals surface area contributed by atoms with E-state index in [-0.39, 0.29) is 5.56 Å².